The molecule has 0 aliphatic carbocycles. The third kappa shape index (κ3) is 4.50. The third-order valence-electron chi connectivity index (χ3n) is 6.14. The van der Waals surface area contributed by atoms with Gasteiger partial charge in [0.15, 0.2) is 0 Å². The maximum absolute atomic E-state index is 14.7. The average molecular weight is 592 g/mol. The minimum Gasteiger partial charge on any atom is -0.354 e. The molecule has 1 aliphatic rings. The molecule has 0 saturated carbocycles. The summed E-state index contributed by atoms with van der Waals surface area (Å²) in [5, 5.41) is 6.16. The zero-order valence-electron chi connectivity index (χ0n) is 19.6. The zero-order chi connectivity index (χ0) is 27.4. The van der Waals surface area contributed by atoms with Crippen LogP contribution in [0, 0.1) is 11.6 Å². The molecule has 39 heavy (non-hydrogen) atoms. The van der Waals surface area contributed by atoms with Crippen molar-refractivity contribution in [1.29, 1.82) is 0 Å². The summed E-state index contributed by atoms with van der Waals surface area (Å²) in [6, 6.07) is 6.36. The highest BCUT2D eigenvalue weighted by atomic mass is 35.5. The molecular weight excluding hydrogens is 577 g/mol. The van der Waals surface area contributed by atoms with E-state index in [0.717, 1.165) is 20.7 Å². The number of halogens is 5. The number of hydrogen-bond donors (Lipinski definition) is 2. The van der Waals surface area contributed by atoms with Crippen molar-refractivity contribution in [2.75, 3.05) is 17.2 Å². The van der Waals surface area contributed by atoms with Crippen LogP contribution in [0.2, 0.25) is 15.1 Å². The summed E-state index contributed by atoms with van der Waals surface area (Å²) in [5.74, 6) is -1.45. The fourth-order valence-electron chi connectivity index (χ4n) is 4.33. The average Bonchev–Trinajstić information content (AvgIpc) is 3.46. The van der Waals surface area contributed by atoms with Crippen molar-refractivity contribution >= 4 is 63.4 Å². The standard InChI is InChI=1S/C24H15Cl3F2N8O2/c25-12-4-13(9-30-8-12)37-23(38)34-22(36(24(37)39)10-11-3-14(26)17(29)6-16(11)28)32-18-7-20-19(5-15(18)27)33-21-31-1-2-35(20)21/h3-9H,1-2,10H2,(H,31,33)(H,32,34,38). The Morgan fingerprint density at radius 1 is 0.974 bits per heavy atom. The number of fused-ring (bicyclic) bond motifs is 3. The fourth-order valence-corrected chi connectivity index (χ4v) is 4.89. The molecule has 0 spiro atoms. The van der Waals surface area contributed by atoms with Gasteiger partial charge < -0.3 is 15.2 Å². The first-order chi connectivity index (χ1) is 18.7. The molecule has 198 valence electrons. The largest absolute Gasteiger partial charge is 0.359 e. The summed E-state index contributed by atoms with van der Waals surface area (Å²) in [6.07, 6.45) is 2.58. The molecule has 0 fully saturated rings. The lowest BCUT2D eigenvalue weighted by Crippen LogP contribution is -2.42. The minimum absolute atomic E-state index is 0.0460. The van der Waals surface area contributed by atoms with Crippen LogP contribution in [0.25, 0.3) is 16.7 Å². The first-order valence-electron chi connectivity index (χ1n) is 11.4. The number of benzene rings is 2. The number of anilines is 3. The van der Waals surface area contributed by atoms with Crippen LogP contribution in [0.15, 0.2) is 52.3 Å². The molecule has 4 heterocycles. The number of nitrogens with one attached hydrogen (secondary N) is 2. The van der Waals surface area contributed by atoms with Gasteiger partial charge in [0.2, 0.25) is 11.9 Å². The predicted octanol–water partition coefficient (Wildman–Crippen LogP) is 4.59. The first kappa shape index (κ1) is 25.3. The monoisotopic (exact) mass is 590 g/mol. The van der Waals surface area contributed by atoms with E-state index in [9.17, 15) is 18.4 Å². The van der Waals surface area contributed by atoms with E-state index in [1.807, 2.05) is 4.57 Å². The summed E-state index contributed by atoms with van der Waals surface area (Å²) >= 11 is 18.4. The lowest BCUT2D eigenvalue weighted by atomic mass is 10.2. The van der Waals surface area contributed by atoms with Crippen LogP contribution in [-0.4, -0.2) is 35.2 Å². The molecule has 15 heteroatoms. The number of hydrogen-bond acceptors (Lipinski definition) is 7. The molecule has 0 bridgehead atoms. The van der Waals surface area contributed by atoms with Gasteiger partial charge in [-0.25, -0.2) is 27.9 Å². The van der Waals surface area contributed by atoms with Gasteiger partial charge in [0.1, 0.15) is 11.6 Å². The third-order valence-corrected chi connectivity index (χ3v) is 6.95. The number of nitrogens with zero attached hydrogens (tertiary/aromatic N) is 6. The molecule has 2 N–H and O–H groups in total. The van der Waals surface area contributed by atoms with Crippen molar-refractivity contribution in [1.82, 2.24) is 28.7 Å². The lowest BCUT2D eigenvalue weighted by molar-refractivity contribution is 0.559. The lowest BCUT2D eigenvalue weighted by Gasteiger charge is -2.17. The van der Waals surface area contributed by atoms with E-state index < -0.39 is 29.6 Å². The summed E-state index contributed by atoms with van der Waals surface area (Å²) in [5.41, 5.74) is -0.206. The molecule has 0 atom stereocenters. The van der Waals surface area contributed by atoms with Gasteiger partial charge in [0.25, 0.3) is 0 Å². The van der Waals surface area contributed by atoms with Gasteiger partial charge in [-0.3, -0.25) is 9.55 Å². The number of pyridine rings is 1. The molecule has 3 aromatic heterocycles. The number of imidazole rings is 1. The van der Waals surface area contributed by atoms with Crippen molar-refractivity contribution in [3.8, 4) is 5.69 Å². The van der Waals surface area contributed by atoms with Gasteiger partial charge in [-0.05, 0) is 24.3 Å². The molecule has 1 aliphatic heterocycles. The van der Waals surface area contributed by atoms with Crippen molar-refractivity contribution in [2.45, 2.75) is 13.1 Å². The van der Waals surface area contributed by atoms with Crippen molar-refractivity contribution in [3.63, 3.8) is 0 Å². The van der Waals surface area contributed by atoms with Gasteiger partial charge in [-0.1, -0.05) is 34.8 Å². The van der Waals surface area contributed by atoms with Gasteiger partial charge in [0.05, 0.1) is 50.2 Å². The predicted molar refractivity (Wildman–Crippen MR) is 144 cm³/mol. The highest BCUT2D eigenvalue weighted by Gasteiger charge is 2.21. The Bertz CT molecular complexity index is 1920. The Labute approximate surface area is 232 Å². The Morgan fingerprint density at radius 2 is 1.79 bits per heavy atom. The molecule has 10 nitrogen and oxygen atoms in total. The maximum Gasteiger partial charge on any atom is 0.359 e. The molecule has 5 aromatic rings. The Morgan fingerprint density at radius 3 is 2.59 bits per heavy atom. The highest BCUT2D eigenvalue weighted by molar-refractivity contribution is 6.34. The summed E-state index contributed by atoms with van der Waals surface area (Å²) in [7, 11) is 0. The molecule has 0 unspecified atom stereocenters. The van der Waals surface area contributed by atoms with Crippen LogP contribution in [-0.2, 0) is 13.1 Å². The van der Waals surface area contributed by atoms with Crippen LogP contribution < -0.4 is 22.0 Å². The van der Waals surface area contributed by atoms with E-state index in [1.165, 1.54) is 18.5 Å². The Kier molecular flexibility index (Phi) is 6.25. The second kappa shape index (κ2) is 9.63. The quantitative estimate of drug-likeness (QED) is 0.288. The SMILES string of the molecule is O=c1nc(Nc2cc3c(cc2Cl)nc2n3CCN2)n(Cc2cc(Cl)c(F)cc2F)c(=O)n1-c1cncc(Cl)c1. The van der Waals surface area contributed by atoms with Crippen molar-refractivity contribution in [2.24, 2.45) is 0 Å². The van der Waals surface area contributed by atoms with E-state index in [0.29, 0.717) is 36.3 Å². The summed E-state index contributed by atoms with van der Waals surface area (Å²) in [6.45, 7) is 0.942. The van der Waals surface area contributed by atoms with Crippen LogP contribution in [0.3, 0.4) is 0 Å². The van der Waals surface area contributed by atoms with E-state index in [-0.39, 0.29) is 32.3 Å². The molecule has 0 saturated heterocycles. The first-order valence-corrected chi connectivity index (χ1v) is 12.5. The van der Waals surface area contributed by atoms with E-state index >= 15 is 0 Å². The molecular formula is C24H15Cl3F2N8O2. The summed E-state index contributed by atoms with van der Waals surface area (Å²) in [4.78, 5) is 39.2. The van der Waals surface area contributed by atoms with Crippen LogP contribution in [0.1, 0.15) is 5.56 Å². The molecule has 0 radical (unpaired) electrons. The van der Waals surface area contributed by atoms with Crippen molar-refractivity contribution < 1.29 is 8.78 Å². The molecule has 2 aromatic carbocycles. The van der Waals surface area contributed by atoms with Gasteiger partial charge in [-0.15, -0.1) is 0 Å². The van der Waals surface area contributed by atoms with Crippen LogP contribution >= 0.6 is 34.8 Å². The zero-order valence-corrected chi connectivity index (χ0v) is 21.8. The van der Waals surface area contributed by atoms with Gasteiger partial charge in [-0.2, -0.15) is 4.98 Å². The minimum atomic E-state index is -0.959. The normalized spacial score (nSPS) is 12.5. The second-order valence-electron chi connectivity index (χ2n) is 8.60. The van der Waals surface area contributed by atoms with E-state index in [2.05, 4.69) is 25.6 Å². The van der Waals surface area contributed by atoms with Crippen molar-refractivity contribution in [3.05, 3.63) is 96.0 Å². The van der Waals surface area contributed by atoms with E-state index in [4.69, 9.17) is 34.8 Å². The Balaban J connectivity index is 1.53. The second-order valence-corrected chi connectivity index (χ2v) is 9.85. The summed E-state index contributed by atoms with van der Waals surface area (Å²) < 4.78 is 32.2. The number of rotatable bonds is 5. The highest BCUT2D eigenvalue weighted by Crippen LogP contribution is 2.32. The number of aromatic nitrogens is 6. The van der Waals surface area contributed by atoms with E-state index in [1.54, 1.807) is 12.1 Å². The fraction of sp³-hybridized carbons (Fsp3) is 0.125. The van der Waals surface area contributed by atoms with Crippen LogP contribution in [0.4, 0.5) is 26.4 Å². The van der Waals surface area contributed by atoms with Gasteiger partial charge >= 0.3 is 11.4 Å². The topological polar surface area (TPSA) is 112 Å². The molecule has 0 amide bonds. The smallest absolute Gasteiger partial charge is 0.354 e. The maximum atomic E-state index is 14.7. The van der Waals surface area contributed by atoms with Gasteiger partial charge in [0, 0.05) is 30.9 Å². The molecule has 6 rings (SSSR count). The Hall–Kier alpha value is -4.00. The van der Waals surface area contributed by atoms with Crippen LogP contribution in [0.5, 0.6) is 0 Å².